The van der Waals surface area contributed by atoms with E-state index in [1.54, 1.807) is 19.5 Å². The number of benzene rings is 2. The van der Waals surface area contributed by atoms with Gasteiger partial charge in [0.2, 0.25) is 0 Å². The molecule has 7 heteroatoms. The molecular formula is C26H24ClN3O3. The lowest BCUT2D eigenvalue weighted by Crippen LogP contribution is -2.48. The molecule has 2 aromatic carbocycles. The van der Waals surface area contributed by atoms with Gasteiger partial charge in [-0.1, -0.05) is 35.9 Å². The molecule has 168 valence electrons. The van der Waals surface area contributed by atoms with Gasteiger partial charge >= 0.3 is 0 Å². The number of halogens is 1. The molecule has 3 aromatic rings. The molecule has 0 radical (unpaired) electrons. The largest absolute Gasteiger partial charge is 0.495 e. The topological polar surface area (TPSA) is 56.6 Å². The Balaban J connectivity index is 1.47. The smallest absolute Gasteiger partial charge is 0.293 e. The molecule has 0 N–H and O–H groups in total. The quantitative estimate of drug-likeness (QED) is 0.498. The summed E-state index contributed by atoms with van der Waals surface area (Å²) in [6, 6.07) is 13.3. The number of morpholine rings is 1. The van der Waals surface area contributed by atoms with Crippen molar-refractivity contribution in [3.05, 3.63) is 88.7 Å². The zero-order valence-corrected chi connectivity index (χ0v) is 19.4. The van der Waals surface area contributed by atoms with Crippen molar-refractivity contribution in [3.8, 4) is 11.4 Å². The van der Waals surface area contributed by atoms with Gasteiger partial charge in [-0.25, -0.2) is 4.98 Å². The van der Waals surface area contributed by atoms with Crippen LogP contribution in [-0.2, 0) is 9.53 Å². The molecule has 5 rings (SSSR count). The Kier molecular flexibility index (Phi) is 5.46. The molecule has 6 nitrogen and oxygen atoms in total. The molecule has 1 amide bonds. The van der Waals surface area contributed by atoms with Gasteiger partial charge in [0, 0.05) is 16.9 Å². The Morgan fingerprint density at radius 2 is 2.00 bits per heavy atom. The Bertz CT molecular complexity index is 1280. The molecule has 2 aliphatic rings. The van der Waals surface area contributed by atoms with Gasteiger partial charge in [-0.2, -0.15) is 0 Å². The molecule has 0 unspecified atom stereocenters. The van der Waals surface area contributed by atoms with E-state index in [0.29, 0.717) is 16.5 Å². The number of ether oxygens (including phenoxy) is 2. The van der Waals surface area contributed by atoms with E-state index in [2.05, 4.69) is 11.1 Å². The molecule has 0 bridgehead atoms. The van der Waals surface area contributed by atoms with E-state index in [1.807, 2.05) is 72.0 Å². The Labute approximate surface area is 197 Å². The molecule has 1 fully saturated rings. The van der Waals surface area contributed by atoms with Crippen LogP contribution in [0.3, 0.4) is 0 Å². The van der Waals surface area contributed by atoms with Crippen molar-refractivity contribution in [2.45, 2.75) is 32.4 Å². The van der Waals surface area contributed by atoms with Crippen molar-refractivity contribution in [1.82, 2.24) is 14.5 Å². The average molecular weight is 462 g/mol. The number of nitrogens with zero attached hydrogens (tertiary/aromatic N) is 3. The molecule has 1 saturated heterocycles. The summed E-state index contributed by atoms with van der Waals surface area (Å²) in [4.78, 5) is 19.6. The van der Waals surface area contributed by atoms with E-state index in [0.717, 1.165) is 34.6 Å². The van der Waals surface area contributed by atoms with Crippen molar-refractivity contribution < 1.29 is 14.3 Å². The summed E-state index contributed by atoms with van der Waals surface area (Å²) in [7, 11) is 1.63. The van der Waals surface area contributed by atoms with Gasteiger partial charge in [-0.3, -0.25) is 9.69 Å². The molecule has 33 heavy (non-hydrogen) atoms. The fourth-order valence-corrected chi connectivity index (χ4v) is 4.53. The first-order valence-electron chi connectivity index (χ1n) is 10.8. The third-order valence-corrected chi connectivity index (χ3v) is 6.31. The second-order valence-electron chi connectivity index (χ2n) is 8.26. The van der Waals surface area contributed by atoms with Crippen LogP contribution in [0.15, 0.2) is 66.8 Å². The van der Waals surface area contributed by atoms with Crippen LogP contribution in [-0.4, -0.2) is 39.6 Å². The standard InChI is InChI=1S/C26H24ClN3O3/c1-16-14-29(15-28-16)23-9-4-18(12-24(23)32-3)13-25-26(31)30-21(17(2)33-25)10-11-22(30)19-5-7-20(27)8-6-19/h4-9,11-15,17,21H,10H2,1-3H3/t17-,21+/m0/s1. The van der Waals surface area contributed by atoms with Crippen LogP contribution in [0.25, 0.3) is 17.5 Å². The monoisotopic (exact) mass is 461 g/mol. The van der Waals surface area contributed by atoms with Crippen LogP contribution in [0, 0.1) is 6.92 Å². The number of rotatable bonds is 4. The van der Waals surface area contributed by atoms with Crippen LogP contribution in [0.4, 0.5) is 0 Å². The van der Waals surface area contributed by atoms with Gasteiger partial charge in [-0.05, 0) is 61.7 Å². The molecule has 2 atom stereocenters. The third-order valence-electron chi connectivity index (χ3n) is 6.06. The normalized spacial score (nSPS) is 21.1. The number of imidazole rings is 1. The highest BCUT2D eigenvalue weighted by Crippen LogP contribution is 2.38. The van der Waals surface area contributed by atoms with Crippen LogP contribution < -0.4 is 4.74 Å². The lowest BCUT2D eigenvalue weighted by molar-refractivity contribution is -0.138. The maximum absolute atomic E-state index is 13.5. The minimum atomic E-state index is -0.148. The number of carbonyl (C=O) groups is 1. The number of hydrogen-bond acceptors (Lipinski definition) is 4. The number of amides is 1. The number of methoxy groups -OCH3 is 1. The molecular weight excluding hydrogens is 438 g/mol. The first-order chi connectivity index (χ1) is 15.9. The maximum Gasteiger partial charge on any atom is 0.293 e. The van der Waals surface area contributed by atoms with Gasteiger partial charge in [0.1, 0.15) is 11.9 Å². The molecule has 1 aromatic heterocycles. The van der Waals surface area contributed by atoms with Crippen molar-refractivity contribution in [2.24, 2.45) is 0 Å². The van der Waals surface area contributed by atoms with Crippen LogP contribution in [0.2, 0.25) is 5.02 Å². The Morgan fingerprint density at radius 3 is 2.70 bits per heavy atom. The van der Waals surface area contributed by atoms with Gasteiger partial charge in [0.25, 0.3) is 5.91 Å². The summed E-state index contributed by atoms with van der Waals surface area (Å²) in [6.45, 7) is 3.94. The van der Waals surface area contributed by atoms with Gasteiger partial charge in [0.05, 0.1) is 30.9 Å². The van der Waals surface area contributed by atoms with Gasteiger partial charge in [-0.15, -0.1) is 0 Å². The predicted molar refractivity (Wildman–Crippen MR) is 128 cm³/mol. The lowest BCUT2D eigenvalue weighted by Gasteiger charge is -2.38. The highest BCUT2D eigenvalue weighted by molar-refractivity contribution is 6.30. The van der Waals surface area contributed by atoms with Crippen molar-refractivity contribution in [2.75, 3.05) is 7.11 Å². The maximum atomic E-state index is 13.5. The van der Waals surface area contributed by atoms with Crippen molar-refractivity contribution in [3.63, 3.8) is 0 Å². The Hall–Kier alpha value is -3.51. The zero-order valence-electron chi connectivity index (χ0n) is 18.7. The summed E-state index contributed by atoms with van der Waals surface area (Å²) < 4.78 is 13.6. The van der Waals surface area contributed by atoms with E-state index < -0.39 is 0 Å². The van der Waals surface area contributed by atoms with E-state index in [9.17, 15) is 4.79 Å². The first-order valence-corrected chi connectivity index (χ1v) is 11.2. The minimum absolute atomic E-state index is 0.0262. The van der Waals surface area contributed by atoms with Gasteiger partial charge < -0.3 is 14.0 Å². The zero-order chi connectivity index (χ0) is 23.1. The summed E-state index contributed by atoms with van der Waals surface area (Å²) in [5, 5.41) is 0.666. The molecule has 3 heterocycles. The van der Waals surface area contributed by atoms with Crippen LogP contribution >= 0.6 is 11.6 Å². The minimum Gasteiger partial charge on any atom is -0.495 e. The van der Waals surface area contributed by atoms with Crippen LogP contribution in [0.5, 0.6) is 5.75 Å². The fourth-order valence-electron chi connectivity index (χ4n) is 4.40. The molecule has 0 spiro atoms. The van der Waals surface area contributed by atoms with E-state index in [-0.39, 0.29) is 18.1 Å². The Morgan fingerprint density at radius 1 is 1.21 bits per heavy atom. The number of fused-ring (bicyclic) bond motifs is 1. The highest BCUT2D eigenvalue weighted by Gasteiger charge is 2.42. The number of aryl methyl sites for hydroxylation is 1. The van der Waals surface area contributed by atoms with E-state index in [4.69, 9.17) is 21.1 Å². The predicted octanol–water partition coefficient (Wildman–Crippen LogP) is 5.24. The second kappa shape index (κ2) is 8.45. The van der Waals surface area contributed by atoms with E-state index in [1.165, 1.54) is 0 Å². The number of hydrogen-bond donors (Lipinski definition) is 0. The average Bonchev–Trinajstić information content (AvgIpc) is 3.45. The second-order valence-corrected chi connectivity index (χ2v) is 8.70. The summed E-state index contributed by atoms with van der Waals surface area (Å²) in [5.41, 5.74) is 4.47. The van der Waals surface area contributed by atoms with Gasteiger partial charge in [0.15, 0.2) is 5.76 Å². The number of carbonyl (C=O) groups excluding carboxylic acids is 1. The first kappa shape index (κ1) is 21.3. The summed E-state index contributed by atoms with van der Waals surface area (Å²) in [6.07, 6.45) is 8.18. The highest BCUT2D eigenvalue weighted by atomic mass is 35.5. The van der Waals surface area contributed by atoms with Crippen molar-refractivity contribution >= 4 is 29.3 Å². The fraction of sp³-hybridized carbons (Fsp3) is 0.231. The summed E-state index contributed by atoms with van der Waals surface area (Å²) in [5.74, 6) is 0.845. The third kappa shape index (κ3) is 3.91. The lowest BCUT2D eigenvalue weighted by atomic mass is 10.1. The molecule has 0 aliphatic carbocycles. The van der Waals surface area contributed by atoms with Crippen molar-refractivity contribution in [1.29, 1.82) is 0 Å². The SMILES string of the molecule is COc1cc(C=C2O[C@@H](C)[C@H]3CC=C(c4ccc(Cl)cc4)N3C2=O)ccc1-n1cnc(C)c1. The van der Waals surface area contributed by atoms with E-state index >= 15 is 0 Å². The van der Waals surface area contributed by atoms with Crippen LogP contribution in [0.1, 0.15) is 30.2 Å². The summed E-state index contributed by atoms with van der Waals surface area (Å²) >= 11 is 6.05. The molecule has 0 saturated carbocycles. The molecule has 2 aliphatic heterocycles. The number of aromatic nitrogens is 2.